The number of hydrogen-bond donors (Lipinski definition) is 1. The van der Waals surface area contributed by atoms with Crippen LogP contribution in [0.3, 0.4) is 0 Å². The largest absolute Gasteiger partial charge is 0.469 e. The first-order chi connectivity index (χ1) is 8.21. The standard InChI is InChI=1S/C14H26N2O/c1-5-14-13(8-9-17-14)10-15-12(4)11-16(6-2)7-3/h8-9,12,15H,5-7,10-11H2,1-4H3. The second-order valence-corrected chi connectivity index (χ2v) is 4.49. The van der Waals surface area contributed by atoms with Crippen LogP contribution in [0.25, 0.3) is 0 Å². The summed E-state index contributed by atoms with van der Waals surface area (Å²) in [6, 6.07) is 2.57. The molecule has 0 spiro atoms. The van der Waals surface area contributed by atoms with Crippen LogP contribution in [0.5, 0.6) is 0 Å². The van der Waals surface area contributed by atoms with Crippen LogP contribution >= 0.6 is 0 Å². The summed E-state index contributed by atoms with van der Waals surface area (Å²) in [5, 5.41) is 3.56. The Hall–Kier alpha value is -0.800. The highest BCUT2D eigenvalue weighted by atomic mass is 16.3. The van der Waals surface area contributed by atoms with Gasteiger partial charge < -0.3 is 14.6 Å². The van der Waals surface area contributed by atoms with Crippen LogP contribution in [0.2, 0.25) is 0 Å². The minimum atomic E-state index is 0.509. The maximum Gasteiger partial charge on any atom is 0.107 e. The van der Waals surface area contributed by atoms with Crippen molar-refractivity contribution in [1.29, 1.82) is 0 Å². The third-order valence-electron chi connectivity index (χ3n) is 3.23. The van der Waals surface area contributed by atoms with Gasteiger partial charge in [-0.1, -0.05) is 20.8 Å². The molecule has 0 saturated heterocycles. The maximum absolute atomic E-state index is 5.42. The zero-order valence-corrected chi connectivity index (χ0v) is 11.6. The van der Waals surface area contributed by atoms with Crippen molar-refractivity contribution < 1.29 is 4.42 Å². The Morgan fingerprint density at radius 2 is 2.00 bits per heavy atom. The van der Waals surface area contributed by atoms with Gasteiger partial charge in [-0.05, 0) is 26.1 Å². The molecule has 1 unspecified atom stereocenters. The van der Waals surface area contributed by atoms with Gasteiger partial charge in [-0.3, -0.25) is 0 Å². The quantitative estimate of drug-likeness (QED) is 0.755. The minimum Gasteiger partial charge on any atom is -0.469 e. The van der Waals surface area contributed by atoms with E-state index in [1.54, 1.807) is 6.26 Å². The SMILES string of the molecule is CCc1occc1CNC(C)CN(CC)CC. The van der Waals surface area contributed by atoms with Gasteiger partial charge in [0.05, 0.1) is 6.26 Å². The molecule has 1 aromatic heterocycles. The van der Waals surface area contributed by atoms with Crippen molar-refractivity contribution in [3.05, 3.63) is 23.7 Å². The Morgan fingerprint density at radius 1 is 1.29 bits per heavy atom. The fraction of sp³-hybridized carbons (Fsp3) is 0.714. The number of aryl methyl sites for hydroxylation is 1. The highest BCUT2D eigenvalue weighted by molar-refractivity contribution is 5.16. The molecular formula is C14H26N2O. The Balaban J connectivity index is 2.35. The highest BCUT2D eigenvalue weighted by Crippen LogP contribution is 2.10. The zero-order chi connectivity index (χ0) is 12.7. The molecule has 1 heterocycles. The van der Waals surface area contributed by atoms with Gasteiger partial charge in [-0.15, -0.1) is 0 Å². The van der Waals surface area contributed by atoms with Crippen molar-refractivity contribution in [3.8, 4) is 0 Å². The molecule has 0 amide bonds. The van der Waals surface area contributed by atoms with Crippen LogP contribution in [0, 0.1) is 0 Å². The van der Waals surface area contributed by atoms with Crippen LogP contribution in [0.4, 0.5) is 0 Å². The molecule has 0 aliphatic carbocycles. The number of hydrogen-bond acceptors (Lipinski definition) is 3. The van der Waals surface area contributed by atoms with E-state index in [1.165, 1.54) is 5.56 Å². The van der Waals surface area contributed by atoms with E-state index in [0.717, 1.165) is 38.4 Å². The van der Waals surface area contributed by atoms with Crippen LogP contribution < -0.4 is 5.32 Å². The number of likely N-dealkylation sites (N-methyl/N-ethyl adjacent to an activating group) is 1. The van der Waals surface area contributed by atoms with E-state index < -0.39 is 0 Å². The molecule has 98 valence electrons. The summed E-state index contributed by atoms with van der Waals surface area (Å²) < 4.78 is 5.42. The van der Waals surface area contributed by atoms with Crippen molar-refractivity contribution in [2.75, 3.05) is 19.6 Å². The van der Waals surface area contributed by atoms with Gasteiger partial charge >= 0.3 is 0 Å². The smallest absolute Gasteiger partial charge is 0.107 e. The average Bonchev–Trinajstić information content (AvgIpc) is 2.80. The molecule has 0 bridgehead atoms. The van der Waals surface area contributed by atoms with Crippen LogP contribution in [0.1, 0.15) is 39.0 Å². The molecule has 1 atom stereocenters. The number of rotatable bonds is 8. The maximum atomic E-state index is 5.42. The van der Waals surface area contributed by atoms with E-state index in [1.807, 2.05) is 0 Å². The van der Waals surface area contributed by atoms with Crippen molar-refractivity contribution in [3.63, 3.8) is 0 Å². The molecule has 1 aromatic rings. The lowest BCUT2D eigenvalue weighted by Crippen LogP contribution is -2.38. The molecule has 0 saturated carbocycles. The van der Waals surface area contributed by atoms with Crippen molar-refractivity contribution in [1.82, 2.24) is 10.2 Å². The van der Waals surface area contributed by atoms with Crippen molar-refractivity contribution in [2.24, 2.45) is 0 Å². The Kier molecular flexibility index (Phi) is 6.30. The minimum absolute atomic E-state index is 0.509. The van der Waals surface area contributed by atoms with Crippen molar-refractivity contribution >= 4 is 0 Å². The Labute approximate surface area is 105 Å². The molecule has 1 rings (SSSR count). The predicted molar refractivity (Wildman–Crippen MR) is 72.2 cm³/mol. The molecule has 0 aliphatic heterocycles. The van der Waals surface area contributed by atoms with E-state index in [0.29, 0.717) is 6.04 Å². The lowest BCUT2D eigenvalue weighted by Gasteiger charge is -2.23. The average molecular weight is 238 g/mol. The molecule has 1 N–H and O–H groups in total. The molecule has 0 fully saturated rings. The summed E-state index contributed by atoms with van der Waals surface area (Å²) in [6.45, 7) is 13.0. The number of furan rings is 1. The zero-order valence-electron chi connectivity index (χ0n) is 11.6. The Morgan fingerprint density at radius 3 is 2.59 bits per heavy atom. The topological polar surface area (TPSA) is 28.4 Å². The Bertz CT molecular complexity index is 305. The van der Waals surface area contributed by atoms with Crippen LogP contribution in [-0.4, -0.2) is 30.6 Å². The third kappa shape index (κ3) is 4.52. The second kappa shape index (κ2) is 7.51. The number of nitrogens with one attached hydrogen (secondary N) is 1. The van der Waals surface area contributed by atoms with Gasteiger partial charge in [0.2, 0.25) is 0 Å². The third-order valence-corrected chi connectivity index (χ3v) is 3.23. The van der Waals surface area contributed by atoms with Crippen LogP contribution in [-0.2, 0) is 13.0 Å². The molecule has 3 nitrogen and oxygen atoms in total. The van der Waals surface area contributed by atoms with Gasteiger partial charge in [0, 0.05) is 31.1 Å². The van der Waals surface area contributed by atoms with E-state index in [-0.39, 0.29) is 0 Å². The number of nitrogens with zero attached hydrogens (tertiary/aromatic N) is 1. The van der Waals surface area contributed by atoms with Gasteiger partial charge in [0.1, 0.15) is 5.76 Å². The van der Waals surface area contributed by atoms with Crippen LogP contribution in [0.15, 0.2) is 16.7 Å². The van der Waals surface area contributed by atoms with E-state index in [2.05, 4.69) is 44.0 Å². The molecule has 0 radical (unpaired) electrons. The summed E-state index contributed by atoms with van der Waals surface area (Å²) >= 11 is 0. The predicted octanol–water partition coefficient (Wildman–Crippen LogP) is 2.66. The first-order valence-electron chi connectivity index (χ1n) is 6.72. The first kappa shape index (κ1) is 14.3. The van der Waals surface area contributed by atoms with Gasteiger partial charge in [0.15, 0.2) is 0 Å². The first-order valence-corrected chi connectivity index (χ1v) is 6.72. The van der Waals surface area contributed by atoms with Gasteiger partial charge in [0.25, 0.3) is 0 Å². The fourth-order valence-electron chi connectivity index (χ4n) is 2.05. The molecular weight excluding hydrogens is 212 g/mol. The normalized spacial score (nSPS) is 13.2. The monoisotopic (exact) mass is 238 g/mol. The molecule has 0 aromatic carbocycles. The van der Waals surface area contributed by atoms with E-state index in [4.69, 9.17) is 4.42 Å². The van der Waals surface area contributed by atoms with Crippen molar-refractivity contribution in [2.45, 2.75) is 46.7 Å². The highest BCUT2D eigenvalue weighted by Gasteiger charge is 2.08. The molecule has 3 heteroatoms. The van der Waals surface area contributed by atoms with E-state index in [9.17, 15) is 0 Å². The van der Waals surface area contributed by atoms with Gasteiger partial charge in [-0.25, -0.2) is 0 Å². The van der Waals surface area contributed by atoms with E-state index >= 15 is 0 Å². The van der Waals surface area contributed by atoms with Gasteiger partial charge in [-0.2, -0.15) is 0 Å². The summed E-state index contributed by atoms with van der Waals surface area (Å²) in [7, 11) is 0. The summed E-state index contributed by atoms with van der Waals surface area (Å²) in [5.41, 5.74) is 1.29. The lowest BCUT2D eigenvalue weighted by molar-refractivity contribution is 0.270. The fourth-order valence-corrected chi connectivity index (χ4v) is 2.05. The second-order valence-electron chi connectivity index (χ2n) is 4.49. The molecule has 0 aliphatic rings. The summed E-state index contributed by atoms with van der Waals surface area (Å²) in [4.78, 5) is 2.44. The summed E-state index contributed by atoms with van der Waals surface area (Å²) in [6.07, 6.45) is 2.75. The summed E-state index contributed by atoms with van der Waals surface area (Å²) in [5.74, 6) is 1.10. The molecule has 17 heavy (non-hydrogen) atoms. The lowest BCUT2D eigenvalue weighted by atomic mass is 10.2.